The number of hydrogen-bond acceptors (Lipinski definition) is 6. The molecule has 4 nitrogen and oxygen atoms in total. The molecule has 0 saturated carbocycles. The van der Waals surface area contributed by atoms with Gasteiger partial charge in [0.15, 0.2) is 5.82 Å². The number of rotatable bonds is 2. The van der Waals surface area contributed by atoms with Gasteiger partial charge < -0.3 is 9.63 Å². The monoisotopic (exact) mass is 232 g/mol. The van der Waals surface area contributed by atoms with Crippen molar-refractivity contribution in [3.05, 3.63) is 11.7 Å². The lowest BCUT2D eigenvalue weighted by Gasteiger charge is -2.16. The molecular formula is C8H12N2O2S2. The van der Waals surface area contributed by atoms with Crippen molar-refractivity contribution >= 4 is 23.5 Å². The van der Waals surface area contributed by atoms with E-state index in [1.165, 1.54) is 5.75 Å². The quantitative estimate of drug-likeness (QED) is 0.836. The Hall–Kier alpha value is -0.200. The van der Waals surface area contributed by atoms with Crippen LogP contribution in [0.2, 0.25) is 0 Å². The van der Waals surface area contributed by atoms with Gasteiger partial charge >= 0.3 is 0 Å². The van der Waals surface area contributed by atoms with Gasteiger partial charge in [0.1, 0.15) is 6.10 Å². The smallest absolute Gasteiger partial charge is 0.255 e. The fraction of sp³-hybridized carbons (Fsp3) is 0.750. The fourth-order valence-corrected chi connectivity index (χ4v) is 3.77. The van der Waals surface area contributed by atoms with Crippen molar-refractivity contribution in [3.8, 4) is 0 Å². The molecule has 1 aliphatic rings. The Morgan fingerprint density at radius 1 is 1.57 bits per heavy atom. The van der Waals surface area contributed by atoms with Gasteiger partial charge in [-0.15, -0.1) is 11.8 Å². The number of aliphatic hydroxyl groups is 1. The summed E-state index contributed by atoms with van der Waals surface area (Å²) in [7, 11) is 0. The van der Waals surface area contributed by atoms with Crippen LogP contribution in [0.4, 0.5) is 0 Å². The summed E-state index contributed by atoms with van der Waals surface area (Å²) in [5, 5.41) is 13.4. The minimum Gasteiger partial charge on any atom is -0.384 e. The lowest BCUT2D eigenvalue weighted by atomic mass is 10.4. The minimum absolute atomic E-state index is 0.316. The van der Waals surface area contributed by atoms with Gasteiger partial charge in [0.05, 0.1) is 5.25 Å². The Morgan fingerprint density at radius 3 is 3.00 bits per heavy atom. The van der Waals surface area contributed by atoms with Gasteiger partial charge in [0.2, 0.25) is 0 Å². The minimum atomic E-state index is -0.669. The molecule has 14 heavy (non-hydrogen) atoms. The summed E-state index contributed by atoms with van der Waals surface area (Å²) in [6.07, 6.45) is -0.669. The van der Waals surface area contributed by atoms with E-state index < -0.39 is 6.10 Å². The Bertz CT molecular complexity index is 297. The Labute approximate surface area is 90.8 Å². The normalized spacial score (nSPS) is 24.9. The summed E-state index contributed by atoms with van der Waals surface area (Å²) in [4.78, 5) is 4.17. The molecule has 0 bridgehead atoms. The first kappa shape index (κ1) is 10.3. The molecule has 2 heterocycles. The van der Waals surface area contributed by atoms with Crippen LogP contribution >= 0.6 is 23.5 Å². The van der Waals surface area contributed by atoms with Crippen molar-refractivity contribution < 1.29 is 9.63 Å². The van der Waals surface area contributed by atoms with E-state index in [0.717, 1.165) is 17.3 Å². The maximum Gasteiger partial charge on any atom is 0.255 e. The van der Waals surface area contributed by atoms with Crippen LogP contribution in [0.15, 0.2) is 4.52 Å². The first-order valence-corrected chi connectivity index (χ1v) is 6.68. The molecule has 1 aromatic rings. The standard InChI is InChI=1S/C8H12N2O2S2/c1-5(11)8-9-7(10-12-8)6-4-13-2-3-14-6/h5-6,11H,2-4H2,1H3/t5-,6?/m0/s1. The largest absolute Gasteiger partial charge is 0.384 e. The van der Waals surface area contributed by atoms with Crippen LogP contribution < -0.4 is 0 Å². The molecule has 0 spiro atoms. The van der Waals surface area contributed by atoms with Crippen LogP contribution in [0.1, 0.15) is 30.0 Å². The predicted molar refractivity (Wildman–Crippen MR) is 57.5 cm³/mol. The second-order valence-corrected chi connectivity index (χ2v) is 5.56. The third-order valence-electron chi connectivity index (χ3n) is 1.92. The SMILES string of the molecule is C[C@H](O)c1nc(C2CSCCS2)no1. The molecular weight excluding hydrogens is 220 g/mol. The zero-order valence-corrected chi connectivity index (χ0v) is 9.48. The fourth-order valence-electron chi connectivity index (χ4n) is 1.18. The average Bonchev–Trinajstić information content (AvgIpc) is 2.68. The van der Waals surface area contributed by atoms with E-state index in [0.29, 0.717) is 11.1 Å². The average molecular weight is 232 g/mol. The van der Waals surface area contributed by atoms with Crippen LogP contribution in [0.5, 0.6) is 0 Å². The molecule has 78 valence electrons. The Morgan fingerprint density at radius 2 is 2.43 bits per heavy atom. The molecule has 1 saturated heterocycles. The van der Waals surface area contributed by atoms with Crippen molar-refractivity contribution in [2.75, 3.05) is 17.3 Å². The summed E-state index contributed by atoms with van der Waals surface area (Å²) in [5.74, 6) is 4.40. The van der Waals surface area contributed by atoms with Crippen LogP contribution in [-0.4, -0.2) is 32.5 Å². The first-order valence-electron chi connectivity index (χ1n) is 4.48. The van der Waals surface area contributed by atoms with Gasteiger partial charge in [-0.3, -0.25) is 0 Å². The molecule has 1 aromatic heterocycles. The molecule has 1 aliphatic heterocycles. The van der Waals surface area contributed by atoms with E-state index in [9.17, 15) is 5.11 Å². The van der Waals surface area contributed by atoms with Crippen LogP contribution in [0.25, 0.3) is 0 Å². The summed E-state index contributed by atoms with van der Waals surface area (Å²) in [5.41, 5.74) is 0. The van der Waals surface area contributed by atoms with E-state index in [-0.39, 0.29) is 0 Å². The van der Waals surface area contributed by atoms with Crippen molar-refractivity contribution in [3.63, 3.8) is 0 Å². The highest BCUT2D eigenvalue weighted by atomic mass is 32.2. The van der Waals surface area contributed by atoms with Gasteiger partial charge in [-0.25, -0.2) is 0 Å². The summed E-state index contributed by atoms with van der Waals surface area (Å²) in [6.45, 7) is 1.63. The first-order chi connectivity index (χ1) is 6.77. The highest BCUT2D eigenvalue weighted by Gasteiger charge is 2.22. The van der Waals surface area contributed by atoms with E-state index in [1.807, 2.05) is 23.5 Å². The number of thioether (sulfide) groups is 2. The number of aliphatic hydroxyl groups excluding tert-OH is 1. The van der Waals surface area contributed by atoms with E-state index in [1.54, 1.807) is 6.92 Å². The molecule has 0 amide bonds. The molecule has 1 N–H and O–H groups in total. The third-order valence-corrected chi connectivity index (χ3v) is 4.67. The topological polar surface area (TPSA) is 59.2 Å². The van der Waals surface area contributed by atoms with Gasteiger partial charge in [-0.2, -0.15) is 16.7 Å². The second-order valence-electron chi connectivity index (χ2n) is 3.10. The molecule has 1 unspecified atom stereocenters. The van der Waals surface area contributed by atoms with Gasteiger partial charge in [0.25, 0.3) is 5.89 Å². The van der Waals surface area contributed by atoms with Crippen LogP contribution in [-0.2, 0) is 0 Å². The molecule has 1 fully saturated rings. The zero-order chi connectivity index (χ0) is 9.97. The van der Waals surface area contributed by atoms with Crippen molar-refractivity contribution in [1.82, 2.24) is 10.1 Å². The number of nitrogens with zero attached hydrogens (tertiary/aromatic N) is 2. The van der Waals surface area contributed by atoms with Gasteiger partial charge in [0, 0.05) is 17.3 Å². The summed E-state index contributed by atoms with van der Waals surface area (Å²) < 4.78 is 4.95. The number of hydrogen-bond donors (Lipinski definition) is 1. The van der Waals surface area contributed by atoms with Gasteiger partial charge in [-0.1, -0.05) is 5.16 Å². The van der Waals surface area contributed by atoms with Crippen LogP contribution in [0, 0.1) is 0 Å². The highest BCUT2D eigenvalue weighted by molar-refractivity contribution is 8.06. The maximum atomic E-state index is 9.23. The highest BCUT2D eigenvalue weighted by Crippen LogP contribution is 2.35. The molecule has 2 rings (SSSR count). The molecule has 0 aliphatic carbocycles. The lowest BCUT2D eigenvalue weighted by Crippen LogP contribution is -2.08. The lowest BCUT2D eigenvalue weighted by molar-refractivity contribution is 0.151. The molecule has 6 heteroatoms. The molecule has 2 atom stereocenters. The predicted octanol–water partition coefficient (Wildman–Crippen LogP) is 1.64. The van der Waals surface area contributed by atoms with Gasteiger partial charge in [-0.05, 0) is 6.92 Å². The Kier molecular flexibility index (Phi) is 3.35. The van der Waals surface area contributed by atoms with Crippen LogP contribution in [0.3, 0.4) is 0 Å². The molecule has 0 aromatic carbocycles. The summed E-state index contributed by atoms with van der Waals surface area (Å²) in [6, 6.07) is 0. The van der Waals surface area contributed by atoms with Crippen molar-refractivity contribution in [2.45, 2.75) is 18.3 Å². The van der Waals surface area contributed by atoms with E-state index in [2.05, 4.69) is 10.1 Å². The zero-order valence-electron chi connectivity index (χ0n) is 7.84. The maximum absolute atomic E-state index is 9.23. The van der Waals surface area contributed by atoms with E-state index >= 15 is 0 Å². The van der Waals surface area contributed by atoms with E-state index in [4.69, 9.17) is 4.52 Å². The number of aromatic nitrogens is 2. The summed E-state index contributed by atoms with van der Waals surface area (Å²) >= 11 is 3.76. The van der Waals surface area contributed by atoms with Crippen molar-refractivity contribution in [2.24, 2.45) is 0 Å². The molecule has 0 radical (unpaired) electrons. The Balaban J connectivity index is 2.07. The van der Waals surface area contributed by atoms with Crippen molar-refractivity contribution in [1.29, 1.82) is 0 Å². The second kappa shape index (κ2) is 4.55. The third kappa shape index (κ3) is 2.24.